The lowest BCUT2D eigenvalue weighted by Crippen LogP contribution is -2.68. The van der Waals surface area contributed by atoms with Crippen molar-refractivity contribution in [3.63, 3.8) is 0 Å². The molecule has 0 saturated carbocycles. The highest BCUT2D eigenvalue weighted by atomic mass is 32.2. The van der Waals surface area contributed by atoms with Crippen molar-refractivity contribution in [3.8, 4) is 34.0 Å². The molecular weight excluding hydrogens is 488 g/mol. The summed E-state index contributed by atoms with van der Waals surface area (Å²) in [5.74, 6) is -0.866. The molecule has 1 amide bonds. The molecule has 1 fully saturated rings. The predicted octanol–water partition coefficient (Wildman–Crippen LogP) is 2.90. The molecule has 0 aliphatic carbocycles. The van der Waals surface area contributed by atoms with E-state index in [0.717, 1.165) is 5.56 Å². The van der Waals surface area contributed by atoms with E-state index in [1.807, 2.05) is 30.3 Å². The van der Waals surface area contributed by atoms with E-state index in [4.69, 9.17) is 10.7 Å². The first kappa shape index (κ1) is 23.2. The zero-order valence-electron chi connectivity index (χ0n) is 18.2. The zero-order valence-corrected chi connectivity index (χ0v) is 19.8. The summed E-state index contributed by atoms with van der Waals surface area (Å²) in [5.41, 5.74) is 8.45. The number of benzene rings is 2. The number of nitrogens with two attached hydrogens (primary N) is 1. The van der Waals surface area contributed by atoms with Gasteiger partial charge in [0.25, 0.3) is 0 Å². The molecule has 0 radical (unpaired) electrons. The van der Waals surface area contributed by atoms with Gasteiger partial charge in [-0.15, -0.1) is 23.5 Å². The Bertz CT molecular complexity index is 1370. The summed E-state index contributed by atoms with van der Waals surface area (Å²) in [6.07, 6.45) is 1.64. The van der Waals surface area contributed by atoms with Crippen molar-refractivity contribution >= 4 is 35.4 Å². The lowest BCUT2D eigenvalue weighted by Gasteiger charge is -2.48. The third kappa shape index (κ3) is 4.22. The van der Waals surface area contributed by atoms with E-state index in [1.165, 1.54) is 40.6 Å². The second-order valence-corrected chi connectivity index (χ2v) is 10.0. The molecule has 5 N–H and O–H groups in total. The molecule has 0 unspecified atom stereocenters. The molecule has 2 atom stereocenters. The monoisotopic (exact) mass is 508 g/mol. The van der Waals surface area contributed by atoms with E-state index >= 15 is 0 Å². The minimum Gasteiger partial charge on any atom is -0.504 e. The molecule has 2 aliphatic heterocycles. The van der Waals surface area contributed by atoms with E-state index in [0.29, 0.717) is 33.3 Å². The smallest absolute Gasteiger partial charge is 0.352 e. The number of rotatable bonds is 6. The molecule has 5 rings (SSSR count). The molecule has 3 heterocycles. The van der Waals surface area contributed by atoms with Crippen molar-refractivity contribution in [2.75, 3.05) is 11.5 Å². The molecule has 0 spiro atoms. The van der Waals surface area contributed by atoms with E-state index in [2.05, 4.69) is 4.98 Å². The molecule has 3 aromatic rings. The number of aliphatic carboxylic acids is 1. The van der Waals surface area contributed by atoms with Crippen LogP contribution in [-0.2, 0) is 9.59 Å². The minimum absolute atomic E-state index is 0.0193. The van der Waals surface area contributed by atoms with Crippen LogP contribution in [0, 0.1) is 0 Å². The number of carbonyl (C=O) groups excluding carboxylic acids is 1. The third-order valence-corrected chi connectivity index (χ3v) is 8.18. The highest BCUT2D eigenvalue weighted by molar-refractivity contribution is 8.01. The van der Waals surface area contributed by atoms with Crippen molar-refractivity contribution in [3.05, 3.63) is 66.0 Å². The van der Waals surface area contributed by atoms with Crippen molar-refractivity contribution < 1.29 is 24.9 Å². The highest BCUT2D eigenvalue weighted by Gasteiger charge is 2.51. The number of thioether (sulfide) groups is 2. The largest absolute Gasteiger partial charge is 0.504 e. The van der Waals surface area contributed by atoms with Crippen LogP contribution < -0.4 is 5.73 Å². The summed E-state index contributed by atoms with van der Waals surface area (Å²) in [6.45, 7) is 0. The maximum Gasteiger partial charge on any atom is 0.352 e. The van der Waals surface area contributed by atoms with Gasteiger partial charge in [0.2, 0.25) is 5.91 Å². The van der Waals surface area contributed by atoms with Crippen molar-refractivity contribution in [1.82, 2.24) is 14.9 Å². The number of amides is 1. The van der Waals surface area contributed by atoms with Gasteiger partial charge in [-0.1, -0.05) is 36.4 Å². The Balaban J connectivity index is 1.52. The number of phenols is 2. The average molecular weight is 509 g/mol. The Morgan fingerprint density at radius 3 is 2.63 bits per heavy atom. The lowest BCUT2D eigenvalue weighted by molar-refractivity contribution is -0.147. The SMILES string of the molecule is N[C@@H]1C(=O)N2C(C(=O)O)=C(CSc3nc(-c4ccccc4)ncc3-c3ccc(O)c(O)c3)CS[C@H]12. The summed E-state index contributed by atoms with van der Waals surface area (Å²) in [5, 5.41) is 29.7. The van der Waals surface area contributed by atoms with Crippen LogP contribution in [0.2, 0.25) is 0 Å². The Kier molecular flexibility index (Phi) is 6.13. The molecule has 0 bridgehead atoms. The van der Waals surface area contributed by atoms with Crippen molar-refractivity contribution in [1.29, 1.82) is 0 Å². The number of hydrogen-bond donors (Lipinski definition) is 4. The molecule has 11 heteroatoms. The summed E-state index contributed by atoms with van der Waals surface area (Å²) in [6, 6.07) is 13.2. The topological polar surface area (TPSA) is 150 Å². The van der Waals surface area contributed by atoms with E-state index in [1.54, 1.807) is 12.3 Å². The molecule has 178 valence electrons. The molecule has 35 heavy (non-hydrogen) atoms. The highest BCUT2D eigenvalue weighted by Crippen LogP contribution is 2.42. The van der Waals surface area contributed by atoms with Gasteiger partial charge in [-0.3, -0.25) is 9.69 Å². The van der Waals surface area contributed by atoms with Crippen molar-refractivity contribution in [2.24, 2.45) is 5.73 Å². The number of hydrogen-bond acceptors (Lipinski definition) is 9. The first-order valence-corrected chi connectivity index (χ1v) is 12.6. The van der Waals surface area contributed by atoms with Gasteiger partial charge in [0.15, 0.2) is 17.3 Å². The molecule has 1 aromatic heterocycles. The summed E-state index contributed by atoms with van der Waals surface area (Å²) < 4.78 is 0. The number of aromatic nitrogens is 2. The first-order valence-electron chi connectivity index (χ1n) is 10.6. The maximum absolute atomic E-state index is 12.2. The number of carbonyl (C=O) groups is 2. The van der Waals surface area contributed by atoms with Crippen molar-refractivity contribution in [2.45, 2.75) is 16.4 Å². The van der Waals surface area contributed by atoms with Gasteiger partial charge in [-0.2, -0.15) is 0 Å². The second kappa shape index (κ2) is 9.25. The van der Waals surface area contributed by atoms with E-state index in [9.17, 15) is 24.9 Å². The van der Waals surface area contributed by atoms with Gasteiger partial charge in [0.05, 0.1) is 0 Å². The van der Waals surface area contributed by atoms with E-state index in [-0.39, 0.29) is 28.3 Å². The Morgan fingerprint density at radius 1 is 1.14 bits per heavy atom. The van der Waals surface area contributed by atoms with Crippen LogP contribution in [-0.4, -0.2) is 65.0 Å². The quantitative estimate of drug-likeness (QED) is 0.169. The Hall–Kier alpha value is -3.54. The maximum atomic E-state index is 12.2. The second-order valence-electron chi connectivity index (χ2n) is 7.96. The molecule has 2 aromatic carbocycles. The number of fused-ring (bicyclic) bond motifs is 1. The number of carboxylic acids is 1. The van der Waals surface area contributed by atoms with Crippen LogP contribution >= 0.6 is 23.5 Å². The fourth-order valence-electron chi connectivity index (χ4n) is 3.94. The zero-order chi connectivity index (χ0) is 24.7. The van der Waals surface area contributed by atoms with Crippen LogP contribution in [0.15, 0.2) is 71.0 Å². The third-order valence-electron chi connectivity index (χ3n) is 5.75. The van der Waals surface area contributed by atoms with Gasteiger partial charge >= 0.3 is 5.97 Å². The van der Waals surface area contributed by atoms with Crippen LogP contribution in [0.4, 0.5) is 0 Å². The van der Waals surface area contributed by atoms with E-state index < -0.39 is 17.9 Å². The number of aromatic hydroxyl groups is 2. The normalized spacial score (nSPS) is 19.3. The fourth-order valence-corrected chi connectivity index (χ4v) is 6.39. The van der Waals surface area contributed by atoms with Crippen LogP contribution in [0.5, 0.6) is 11.5 Å². The summed E-state index contributed by atoms with van der Waals surface area (Å²) >= 11 is 2.76. The Labute approximate surface area is 208 Å². The number of phenolic OH excluding ortho intramolecular Hbond substituents is 2. The molecule has 2 aliphatic rings. The minimum atomic E-state index is -1.16. The first-order chi connectivity index (χ1) is 16.8. The number of carboxylic acid groups (broad SMARTS) is 1. The average Bonchev–Trinajstić information content (AvgIpc) is 2.88. The molecule has 9 nitrogen and oxygen atoms in total. The summed E-state index contributed by atoms with van der Waals surface area (Å²) in [7, 11) is 0. The standard InChI is InChI=1S/C24H20N4O5S2/c25-18-22(31)28-19(24(32)33)14(11-35-23(18)28)10-34-21-15(13-6-7-16(29)17(30)8-13)9-26-20(27-21)12-4-2-1-3-5-12/h1-9,18,23,29-30H,10-11,25H2,(H,32,33)/t18-,23-/m1/s1. The number of β-lactam (4-membered cyclic amide) rings is 1. The van der Waals surface area contributed by atoms with Crippen LogP contribution in [0.25, 0.3) is 22.5 Å². The van der Waals surface area contributed by atoms with Gasteiger partial charge in [0, 0.05) is 28.8 Å². The van der Waals surface area contributed by atoms with Crippen LogP contribution in [0.3, 0.4) is 0 Å². The predicted molar refractivity (Wildman–Crippen MR) is 133 cm³/mol. The summed E-state index contributed by atoms with van der Waals surface area (Å²) in [4.78, 5) is 34.8. The molecule has 1 saturated heterocycles. The van der Waals surface area contributed by atoms with Gasteiger partial charge < -0.3 is 21.1 Å². The van der Waals surface area contributed by atoms with Gasteiger partial charge in [-0.25, -0.2) is 14.8 Å². The van der Waals surface area contributed by atoms with Crippen LogP contribution in [0.1, 0.15) is 0 Å². The fraction of sp³-hybridized carbons (Fsp3) is 0.167. The lowest BCUT2D eigenvalue weighted by atomic mass is 10.0. The number of nitrogens with zero attached hydrogens (tertiary/aromatic N) is 3. The van der Waals surface area contributed by atoms with Gasteiger partial charge in [-0.05, 0) is 23.3 Å². The Morgan fingerprint density at radius 2 is 1.91 bits per heavy atom. The van der Waals surface area contributed by atoms with Gasteiger partial charge in [0.1, 0.15) is 22.1 Å². The molecular formula is C24H20N4O5S2.